The number of furan rings is 1. The second kappa shape index (κ2) is 12.6. The number of hydrogen-bond acceptors (Lipinski definition) is 2. The third kappa shape index (κ3) is 5.05. The summed E-state index contributed by atoms with van der Waals surface area (Å²) in [4.78, 5) is 2.44. The fourth-order valence-electron chi connectivity index (χ4n) is 8.52. The molecule has 0 aliphatic heterocycles. The highest BCUT2D eigenvalue weighted by molar-refractivity contribution is 6.19. The van der Waals surface area contributed by atoms with Crippen molar-refractivity contribution in [3.63, 3.8) is 0 Å². The maximum absolute atomic E-state index is 6.19. The van der Waals surface area contributed by atoms with E-state index in [0.29, 0.717) is 0 Å². The van der Waals surface area contributed by atoms with Crippen molar-refractivity contribution >= 4 is 71.6 Å². The Bertz CT molecular complexity index is 3190. The summed E-state index contributed by atoms with van der Waals surface area (Å²) in [5, 5.41) is 7.14. The van der Waals surface area contributed by atoms with E-state index >= 15 is 0 Å². The number of aromatic nitrogens is 1. The fraction of sp³-hybridized carbons (Fsp3) is 0. The second-order valence-corrected chi connectivity index (χ2v) is 14.1. The first kappa shape index (κ1) is 31.2. The molecule has 9 aromatic carbocycles. The first-order valence-corrected chi connectivity index (χ1v) is 18.8. The summed E-state index contributed by atoms with van der Waals surface area (Å²) in [6, 6.07) is 74.0. The van der Waals surface area contributed by atoms with Gasteiger partial charge in [-0.1, -0.05) is 140 Å². The van der Waals surface area contributed by atoms with Crippen molar-refractivity contribution < 1.29 is 4.42 Å². The summed E-state index contributed by atoms with van der Waals surface area (Å²) in [5.41, 5.74) is 13.3. The molecule has 258 valence electrons. The quantitative estimate of drug-likeness (QED) is 0.172. The molecule has 0 saturated heterocycles. The molecular weight excluding hydrogens is 669 g/mol. The van der Waals surface area contributed by atoms with Crippen molar-refractivity contribution in [2.75, 3.05) is 4.90 Å². The van der Waals surface area contributed by atoms with Crippen LogP contribution in [0.15, 0.2) is 211 Å². The lowest BCUT2D eigenvalue weighted by atomic mass is 9.97. The van der Waals surface area contributed by atoms with Gasteiger partial charge in [-0.15, -0.1) is 0 Å². The highest BCUT2D eigenvalue weighted by Gasteiger charge is 2.23. The highest BCUT2D eigenvalue weighted by atomic mass is 16.3. The minimum Gasteiger partial charge on any atom is -0.456 e. The van der Waals surface area contributed by atoms with Crippen molar-refractivity contribution in [1.82, 2.24) is 4.57 Å². The zero-order valence-corrected chi connectivity index (χ0v) is 29.9. The van der Waals surface area contributed by atoms with Gasteiger partial charge in [0.2, 0.25) is 0 Å². The van der Waals surface area contributed by atoms with Crippen LogP contribution in [0.25, 0.3) is 82.5 Å². The number of nitrogens with zero attached hydrogens (tertiary/aromatic N) is 2. The van der Waals surface area contributed by atoms with Crippen LogP contribution in [0.1, 0.15) is 0 Å². The molecule has 0 spiro atoms. The van der Waals surface area contributed by atoms with Crippen LogP contribution in [0.3, 0.4) is 0 Å². The minimum absolute atomic E-state index is 0.920. The monoisotopic (exact) mass is 702 g/mol. The SMILES string of the molecule is c1ccc(-c2ccccc2N(c2ccc(-c3ccc4c(ccc5oc6ccccc6c54)c3)cc2)c2cccc3c2c2ccccc2n3-c2ccccc2)cc1. The van der Waals surface area contributed by atoms with Gasteiger partial charge in [-0.25, -0.2) is 0 Å². The molecule has 0 radical (unpaired) electrons. The van der Waals surface area contributed by atoms with E-state index in [1.165, 1.54) is 54.7 Å². The average Bonchev–Trinajstić information content (AvgIpc) is 3.81. The van der Waals surface area contributed by atoms with E-state index in [2.05, 4.69) is 204 Å². The smallest absolute Gasteiger partial charge is 0.136 e. The van der Waals surface area contributed by atoms with Gasteiger partial charge in [0.25, 0.3) is 0 Å². The van der Waals surface area contributed by atoms with E-state index < -0.39 is 0 Å². The topological polar surface area (TPSA) is 21.3 Å². The Kier molecular flexibility index (Phi) is 7.17. The largest absolute Gasteiger partial charge is 0.456 e. The third-order valence-corrected chi connectivity index (χ3v) is 11.0. The highest BCUT2D eigenvalue weighted by Crippen LogP contribution is 2.47. The molecule has 0 atom stereocenters. The van der Waals surface area contributed by atoms with E-state index in [1.54, 1.807) is 0 Å². The van der Waals surface area contributed by atoms with Crippen LogP contribution in [0.4, 0.5) is 17.1 Å². The molecule has 0 N–H and O–H groups in total. The number of anilines is 3. The molecule has 0 amide bonds. The molecule has 0 aliphatic rings. The van der Waals surface area contributed by atoms with E-state index in [4.69, 9.17) is 4.42 Å². The van der Waals surface area contributed by atoms with Crippen LogP contribution in [0.2, 0.25) is 0 Å². The Morgan fingerprint density at radius 3 is 1.91 bits per heavy atom. The van der Waals surface area contributed by atoms with Crippen molar-refractivity contribution in [1.29, 1.82) is 0 Å². The molecule has 3 heteroatoms. The predicted octanol–water partition coefficient (Wildman–Crippen LogP) is 14.6. The van der Waals surface area contributed by atoms with E-state index in [0.717, 1.165) is 44.9 Å². The fourth-order valence-corrected chi connectivity index (χ4v) is 8.52. The summed E-state index contributed by atoms with van der Waals surface area (Å²) in [6.07, 6.45) is 0. The number of rotatable bonds is 6. The molecule has 2 aromatic heterocycles. The number of para-hydroxylation sites is 4. The number of fused-ring (bicyclic) bond motifs is 8. The maximum atomic E-state index is 6.19. The van der Waals surface area contributed by atoms with Crippen LogP contribution < -0.4 is 4.90 Å². The molecule has 0 bridgehead atoms. The molecule has 0 saturated carbocycles. The second-order valence-electron chi connectivity index (χ2n) is 14.1. The van der Waals surface area contributed by atoms with Crippen molar-refractivity contribution in [2.45, 2.75) is 0 Å². The molecule has 11 rings (SSSR count). The lowest BCUT2D eigenvalue weighted by molar-refractivity contribution is 0.669. The summed E-state index contributed by atoms with van der Waals surface area (Å²) in [6.45, 7) is 0. The van der Waals surface area contributed by atoms with Gasteiger partial charge in [0.05, 0.1) is 22.4 Å². The summed E-state index contributed by atoms with van der Waals surface area (Å²) in [7, 11) is 0. The average molecular weight is 703 g/mol. The van der Waals surface area contributed by atoms with Gasteiger partial charge >= 0.3 is 0 Å². The normalized spacial score (nSPS) is 11.6. The zero-order chi connectivity index (χ0) is 36.3. The molecule has 11 aromatic rings. The van der Waals surface area contributed by atoms with Crippen molar-refractivity contribution in [3.8, 4) is 27.9 Å². The number of benzene rings is 9. The van der Waals surface area contributed by atoms with Crippen molar-refractivity contribution in [3.05, 3.63) is 206 Å². The Hall–Kier alpha value is -7.36. The minimum atomic E-state index is 0.920. The first-order valence-electron chi connectivity index (χ1n) is 18.8. The van der Waals surface area contributed by atoms with Crippen LogP contribution in [-0.2, 0) is 0 Å². The molecule has 3 nitrogen and oxygen atoms in total. The van der Waals surface area contributed by atoms with E-state index in [-0.39, 0.29) is 0 Å². The van der Waals surface area contributed by atoms with Gasteiger partial charge in [-0.3, -0.25) is 0 Å². The van der Waals surface area contributed by atoms with Gasteiger partial charge in [0, 0.05) is 38.5 Å². The predicted molar refractivity (Wildman–Crippen MR) is 231 cm³/mol. The standard InChI is InChI=1S/C52H34N2O/c1-3-14-36(15-4-1)41-18-7-10-21-45(41)54(48-24-13-23-47-52(48)43-19-8-11-22-46(43)53(47)39-16-5-2-6-17-39)40-30-26-35(27-31-40)37-28-32-42-38(34-37)29-33-50-51(42)44-20-9-12-25-49(44)55-50/h1-34H. The van der Waals surface area contributed by atoms with Crippen LogP contribution in [-0.4, -0.2) is 4.57 Å². The summed E-state index contributed by atoms with van der Waals surface area (Å²) < 4.78 is 8.58. The van der Waals surface area contributed by atoms with Gasteiger partial charge in [0.1, 0.15) is 11.2 Å². The zero-order valence-electron chi connectivity index (χ0n) is 29.9. The molecule has 0 unspecified atom stereocenters. The molecule has 0 aliphatic carbocycles. The molecule has 55 heavy (non-hydrogen) atoms. The van der Waals surface area contributed by atoms with E-state index in [1.807, 2.05) is 12.1 Å². The van der Waals surface area contributed by atoms with E-state index in [9.17, 15) is 0 Å². The Morgan fingerprint density at radius 1 is 0.382 bits per heavy atom. The van der Waals surface area contributed by atoms with Gasteiger partial charge in [-0.05, 0) is 94.2 Å². The molecule has 0 fully saturated rings. The Morgan fingerprint density at radius 2 is 1.05 bits per heavy atom. The lowest BCUT2D eigenvalue weighted by Gasteiger charge is -2.29. The lowest BCUT2D eigenvalue weighted by Crippen LogP contribution is -2.11. The maximum Gasteiger partial charge on any atom is 0.136 e. The van der Waals surface area contributed by atoms with Crippen molar-refractivity contribution in [2.24, 2.45) is 0 Å². The Balaban J connectivity index is 1.10. The summed E-state index contributed by atoms with van der Waals surface area (Å²) in [5.74, 6) is 0. The van der Waals surface area contributed by atoms with Gasteiger partial charge in [0.15, 0.2) is 0 Å². The molecule has 2 heterocycles. The Labute approximate surface area is 318 Å². The van der Waals surface area contributed by atoms with Gasteiger partial charge < -0.3 is 13.9 Å². The number of hydrogen-bond donors (Lipinski definition) is 0. The van der Waals surface area contributed by atoms with Crippen LogP contribution in [0.5, 0.6) is 0 Å². The molecular formula is C52H34N2O. The van der Waals surface area contributed by atoms with Crippen LogP contribution >= 0.6 is 0 Å². The van der Waals surface area contributed by atoms with Gasteiger partial charge in [-0.2, -0.15) is 0 Å². The van der Waals surface area contributed by atoms with Crippen LogP contribution in [0, 0.1) is 0 Å². The summed E-state index contributed by atoms with van der Waals surface area (Å²) >= 11 is 0. The third-order valence-electron chi connectivity index (χ3n) is 11.0. The first-order chi connectivity index (χ1) is 27.3.